The van der Waals surface area contributed by atoms with E-state index in [1.54, 1.807) is 0 Å². The van der Waals surface area contributed by atoms with Crippen molar-refractivity contribution in [1.82, 2.24) is 24.5 Å². The first-order valence-electron chi connectivity index (χ1n) is 20.3. The molecule has 0 bridgehead atoms. The molecule has 3 aromatic heterocycles. The van der Waals surface area contributed by atoms with Gasteiger partial charge in [0, 0.05) is 34.3 Å². The van der Waals surface area contributed by atoms with Gasteiger partial charge in [0.2, 0.25) is 6.20 Å². The number of aryl methyl sites for hydroxylation is 2. The molecule has 0 spiro atoms. The van der Waals surface area contributed by atoms with E-state index in [0.717, 1.165) is 61.1 Å². The van der Waals surface area contributed by atoms with Crippen molar-refractivity contribution in [1.29, 1.82) is 0 Å². The number of ether oxygens (including phenoxy) is 1. The summed E-state index contributed by atoms with van der Waals surface area (Å²) in [7, 11) is 1.95. The van der Waals surface area contributed by atoms with Crippen molar-refractivity contribution in [3.05, 3.63) is 156 Å². The number of aromatic nitrogens is 5. The number of benzene rings is 5. The van der Waals surface area contributed by atoms with Gasteiger partial charge in [-0.3, -0.25) is 0 Å². The maximum absolute atomic E-state index is 7.09. The van der Waals surface area contributed by atoms with Gasteiger partial charge in [0.15, 0.2) is 18.7 Å². The van der Waals surface area contributed by atoms with Crippen molar-refractivity contribution in [2.75, 3.05) is 7.05 Å². The fourth-order valence-electron chi connectivity index (χ4n) is 7.36. The quantitative estimate of drug-likeness (QED) is 0.118. The second-order valence-electron chi connectivity index (χ2n) is 17.7. The van der Waals surface area contributed by atoms with Crippen molar-refractivity contribution in [2.24, 2.45) is 0 Å². The number of rotatable bonds is 7. The summed E-state index contributed by atoms with van der Waals surface area (Å²) in [5.74, 6) is 3.36. The van der Waals surface area contributed by atoms with E-state index in [1.807, 2.05) is 34.8 Å². The van der Waals surface area contributed by atoms with E-state index in [9.17, 15) is 0 Å². The predicted octanol–water partition coefficient (Wildman–Crippen LogP) is 11.9. The molecule has 1 aliphatic rings. The summed E-state index contributed by atoms with van der Waals surface area (Å²) < 4.78 is 13.1. The van der Waals surface area contributed by atoms with Crippen LogP contribution in [0.4, 0.5) is 5.69 Å². The maximum atomic E-state index is 7.09. The molecule has 0 radical (unpaired) electrons. The van der Waals surface area contributed by atoms with Gasteiger partial charge in [0.25, 0.3) is 6.20 Å². The van der Waals surface area contributed by atoms with Gasteiger partial charge < -0.3 is 9.30 Å². The van der Waals surface area contributed by atoms with Gasteiger partial charge in [-0.15, -0.1) is 29.1 Å². The molecule has 0 unspecified atom stereocenters. The second-order valence-corrected chi connectivity index (χ2v) is 17.7. The van der Waals surface area contributed by atoms with Gasteiger partial charge in [-0.1, -0.05) is 146 Å². The fraction of sp³-hybridized carbons (Fsp3) is 0.212. The van der Waals surface area contributed by atoms with Crippen LogP contribution >= 0.6 is 0 Å². The van der Waals surface area contributed by atoms with Crippen molar-refractivity contribution in [3.8, 4) is 51.5 Å². The molecule has 5 aromatic carbocycles. The third-order valence-electron chi connectivity index (χ3n) is 10.9. The number of pyridine rings is 1. The van der Waals surface area contributed by atoms with Crippen LogP contribution in [-0.4, -0.2) is 46.7 Å². The standard InChI is InChI=1S/C52H47N7O.Pt/c1-33-14-18-35(19-15-33)48-54-49(36-20-16-34(2)17-21-36)56-50(55-48)43-30-42-41-12-10-11-13-44(41)59(47-28-37(22-23-53-47)51(3,4)5)45(42)31-46(43)60-40-27-38(52(6,7)8)26-39(29-40)58-25-24-57(9)32-58;/h10-28,30H,1-9H3;/q;+2. The minimum absolute atomic E-state index is 0. The van der Waals surface area contributed by atoms with E-state index >= 15 is 0 Å². The van der Waals surface area contributed by atoms with Crippen molar-refractivity contribution in [2.45, 2.75) is 66.2 Å². The van der Waals surface area contributed by atoms with Gasteiger partial charge in [0.1, 0.15) is 17.3 Å². The van der Waals surface area contributed by atoms with E-state index in [0.29, 0.717) is 34.5 Å². The van der Waals surface area contributed by atoms with Crippen LogP contribution in [0.25, 0.3) is 61.8 Å². The van der Waals surface area contributed by atoms with Crippen LogP contribution in [0, 0.1) is 26.0 Å². The van der Waals surface area contributed by atoms with Gasteiger partial charge >= 0.3 is 27.1 Å². The first-order valence-corrected chi connectivity index (χ1v) is 20.3. The molecule has 0 atom stereocenters. The maximum Gasteiger partial charge on any atom is 2.00 e. The summed E-state index contributed by atoms with van der Waals surface area (Å²) in [6.45, 7) is 17.4. The third kappa shape index (κ3) is 8.26. The molecule has 8 aromatic rings. The Morgan fingerprint density at radius 2 is 1.28 bits per heavy atom. The van der Waals surface area contributed by atoms with Crippen LogP contribution in [-0.2, 0) is 31.9 Å². The Bertz CT molecular complexity index is 3020. The van der Waals surface area contributed by atoms with Crippen LogP contribution in [0.15, 0.2) is 122 Å². The molecule has 4 heterocycles. The second kappa shape index (κ2) is 15.9. The van der Waals surface area contributed by atoms with Crippen LogP contribution < -0.4 is 4.74 Å². The summed E-state index contributed by atoms with van der Waals surface area (Å²) in [5, 5.41) is 2.01. The molecular weight excluding hydrogens is 934 g/mol. The number of nitrogens with zero attached hydrogens (tertiary/aromatic N) is 7. The molecule has 0 amide bonds. The Kier molecular flexibility index (Phi) is 10.8. The van der Waals surface area contributed by atoms with Crippen LogP contribution in [0.5, 0.6) is 11.5 Å². The Balaban J connectivity index is 0.00000514. The molecule has 0 fully saturated rings. The molecular formula is C52H47N7OPt+2. The summed E-state index contributed by atoms with van der Waals surface area (Å²) in [6, 6.07) is 46.2. The van der Waals surface area contributed by atoms with Gasteiger partial charge in [-0.2, -0.15) is 0 Å². The summed E-state index contributed by atoms with van der Waals surface area (Å²) in [4.78, 5) is 20.4. The molecule has 1 aliphatic heterocycles. The zero-order valence-electron chi connectivity index (χ0n) is 35.9. The zero-order chi connectivity index (χ0) is 41.9. The van der Waals surface area contributed by atoms with Gasteiger partial charge in [-0.05, 0) is 59.4 Å². The molecule has 304 valence electrons. The molecule has 0 N–H and O–H groups in total. The first kappa shape index (κ1) is 41.4. The van der Waals surface area contributed by atoms with E-state index in [-0.39, 0.29) is 31.9 Å². The molecule has 0 saturated carbocycles. The first-order chi connectivity index (χ1) is 28.7. The topological polar surface area (TPSA) is 71.7 Å². The minimum atomic E-state index is -0.190. The Labute approximate surface area is 372 Å². The molecule has 0 aliphatic carbocycles. The molecule has 61 heavy (non-hydrogen) atoms. The minimum Gasteiger partial charge on any atom is -0.508 e. The molecule has 9 rings (SSSR count). The van der Waals surface area contributed by atoms with Crippen LogP contribution in [0.2, 0.25) is 0 Å². The van der Waals surface area contributed by atoms with Crippen molar-refractivity contribution in [3.63, 3.8) is 0 Å². The Morgan fingerprint density at radius 1 is 0.656 bits per heavy atom. The molecule has 8 nitrogen and oxygen atoms in total. The van der Waals surface area contributed by atoms with Crippen LogP contribution in [0.1, 0.15) is 63.8 Å². The summed E-state index contributed by atoms with van der Waals surface area (Å²) in [5.41, 5.74) is 9.37. The smallest absolute Gasteiger partial charge is 0.508 e. The normalized spacial score (nSPS) is 12.7. The third-order valence-corrected chi connectivity index (χ3v) is 10.9. The number of fused-ring (bicyclic) bond motifs is 3. The van der Waals surface area contributed by atoms with Gasteiger partial charge in [0.05, 0.1) is 0 Å². The van der Waals surface area contributed by atoms with E-state index < -0.39 is 0 Å². The van der Waals surface area contributed by atoms with Crippen LogP contribution in [0.3, 0.4) is 0 Å². The zero-order valence-corrected chi connectivity index (χ0v) is 38.2. The van der Waals surface area contributed by atoms with Gasteiger partial charge in [-0.25, -0.2) is 19.9 Å². The average Bonchev–Trinajstić information content (AvgIpc) is 3.81. The summed E-state index contributed by atoms with van der Waals surface area (Å²) >= 11 is 0. The monoisotopic (exact) mass is 980 g/mol. The predicted molar refractivity (Wildman–Crippen MR) is 240 cm³/mol. The number of hydrogen-bond donors (Lipinski definition) is 0. The van der Waals surface area contributed by atoms with E-state index in [4.69, 9.17) is 24.7 Å². The SMILES string of the molecule is Cc1ccc(-c2nc(-c3ccc(C)cc3)nc(-c3cc4c5ccccc5n(-c5cc(C(C)(C)C)ccn5)c4[c-]c3Oc3[c-]c([N+]4=C=[N+](C)C=C4)cc(C(C)(C)C)c3)n2)cc1.[Pt+2]. The average molecular weight is 981 g/mol. The van der Waals surface area contributed by atoms with E-state index in [1.165, 1.54) is 5.56 Å². The Hall–Kier alpha value is -6.33. The largest absolute Gasteiger partial charge is 2.00 e. The Morgan fingerprint density at radius 3 is 1.89 bits per heavy atom. The number of hydrogen-bond acceptors (Lipinski definition) is 5. The van der Waals surface area contributed by atoms with Crippen molar-refractivity contribution < 1.29 is 35.0 Å². The fourth-order valence-corrected chi connectivity index (χ4v) is 7.36. The number of para-hydroxylation sites is 1. The molecule has 9 heteroatoms. The van der Waals surface area contributed by atoms with Crippen molar-refractivity contribution >= 4 is 33.5 Å². The van der Waals surface area contributed by atoms with E-state index in [2.05, 4.69) is 181 Å². The summed E-state index contributed by atoms with van der Waals surface area (Å²) in [6.07, 6.45) is 5.81. The molecule has 0 saturated heterocycles.